The van der Waals surface area contributed by atoms with E-state index in [9.17, 15) is 9.59 Å². The average molecular weight is 257 g/mol. The van der Waals surface area contributed by atoms with Crippen LogP contribution >= 0.6 is 0 Å². The molecule has 0 spiro atoms. The van der Waals surface area contributed by atoms with Crippen molar-refractivity contribution in [1.29, 1.82) is 0 Å². The number of aromatic nitrogens is 1. The zero-order chi connectivity index (χ0) is 13.7. The van der Waals surface area contributed by atoms with E-state index in [1.807, 2.05) is 30.3 Å². The Hall–Kier alpha value is -2.36. The van der Waals surface area contributed by atoms with Crippen molar-refractivity contribution in [3.8, 4) is 0 Å². The molecular weight excluding hydrogens is 242 g/mol. The van der Waals surface area contributed by atoms with Gasteiger partial charge in [0.05, 0.1) is 20.1 Å². The molecule has 1 aromatic heterocycles. The smallest absolute Gasteiger partial charge is 0.310 e. The number of hydrogen-bond acceptors (Lipinski definition) is 3. The van der Waals surface area contributed by atoms with Crippen molar-refractivity contribution in [3.63, 3.8) is 0 Å². The van der Waals surface area contributed by atoms with Crippen LogP contribution in [0.1, 0.15) is 11.1 Å². The fraction of sp³-hybridized carbons (Fsp3) is 0.200. The van der Waals surface area contributed by atoms with E-state index in [0.717, 1.165) is 5.56 Å². The lowest BCUT2D eigenvalue weighted by molar-refractivity contribution is -0.139. The van der Waals surface area contributed by atoms with Crippen molar-refractivity contribution in [2.24, 2.45) is 0 Å². The van der Waals surface area contributed by atoms with Crippen molar-refractivity contribution in [3.05, 3.63) is 70.1 Å². The first-order chi connectivity index (χ1) is 9.20. The SMILES string of the molecule is COC(=O)Cc1cccn(Cc2ccccc2)c1=O. The fourth-order valence-corrected chi connectivity index (χ4v) is 1.85. The number of pyridine rings is 1. The predicted molar refractivity (Wildman–Crippen MR) is 72.0 cm³/mol. The molecule has 0 aliphatic carbocycles. The molecule has 0 radical (unpaired) electrons. The number of ether oxygens (including phenoxy) is 1. The standard InChI is InChI=1S/C15H15NO3/c1-19-14(17)10-13-8-5-9-16(15(13)18)11-12-6-3-2-4-7-12/h2-9H,10-11H2,1H3. The average Bonchev–Trinajstić information content (AvgIpc) is 2.44. The summed E-state index contributed by atoms with van der Waals surface area (Å²) >= 11 is 0. The van der Waals surface area contributed by atoms with Gasteiger partial charge in [0.1, 0.15) is 0 Å². The Morgan fingerprint density at radius 2 is 1.89 bits per heavy atom. The van der Waals surface area contributed by atoms with Crippen LogP contribution in [0.3, 0.4) is 0 Å². The van der Waals surface area contributed by atoms with Gasteiger partial charge in [0.15, 0.2) is 0 Å². The van der Waals surface area contributed by atoms with Crippen LogP contribution in [0.2, 0.25) is 0 Å². The van der Waals surface area contributed by atoms with E-state index in [0.29, 0.717) is 12.1 Å². The van der Waals surface area contributed by atoms with Crippen molar-refractivity contribution >= 4 is 5.97 Å². The van der Waals surface area contributed by atoms with Gasteiger partial charge in [-0.25, -0.2) is 0 Å². The normalized spacial score (nSPS) is 10.2. The van der Waals surface area contributed by atoms with Crippen LogP contribution in [0, 0.1) is 0 Å². The first kappa shape index (κ1) is 13.1. The summed E-state index contributed by atoms with van der Waals surface area (Å²) in [5, 5.41) is 0. The third-order valence-electron chi connectivity index (χ3n) is 2.86. The molecule has 4 heteroatoms. The maximum Gasteiger partial charge on any atom is 0.310 e. The maximum atomic E-state index is 12.2. The number of benzene rings is 1. The molecule has 0 aliphatic heterocycles. The summed E-state index contributed by atoms with van der Waals surface area (Å²) in [5.41, 5.74) is 1.34. The van der Waals surface area contributed by atoms with Crippen LogP contribution < -0.4 is 5.56 Å². The molecule has 19 heavy (non-hydrogen) atoms. The highest BCUT2D eigenvalue weighted by Crippen LogP contribution is 2.02. The number of hydrogen-bond donors (Lipinski definition) is 0. The van der Waals surface area contributed by atoms with E-state index in [1.165, 1.54) is 7.11 Å². The molecule has 0 atom stereocenters. The van der Waals surface area contributed by atoms with Gasteiger partial charge in [-0.1, -0.05) is 36.4 Å². The molecule has 0 bridgehead atoms. The molecule has 0 aliphatic rings. The van der Waals surface area contributed by atoms with Gasteiger partial charge in [0, 0.05) is 11.8 Å². The Bertz CT molecular complexity index is 617. The minimum Gasteiger partial charge on any atom is -0.469 e. The van der Waals surface area contributed by atoms with Crippen LogP contribution in [-0.2, 0) is 22.5 Å². The summed E-state index contributed by atoms with van der Waals surface area (Å²) in [4.78, 5) is 23.4. The molecule has 1 heterocycles. The van der Waals surface area contributed by atoms with Gasteiger partial charge in [-0.3, -0.25) is 9.59 Å². The molecule has 1 aromatic carbocycles. The molecule has 0 unspecified atom stereocenters. The van der Waals surface area contributed by atoms with Gasteiger partial charge < -0.3 is 9.30 Å². The highest BCUT2D eigenvalue weighted by Gasteiger charge is 2.08. The molecule has 0 fully saturated rings. The van der Waals surface area contributed by atoms with Gasteiger partial charge in [0.25, 0.3) is 5.56 Å². The Labute approximate surface area is 111 Å². The summed E-state index contributed by atoms with van der Waals surface area (Å²) in [5.74, 6) is -0.408. The van der Waals surface area contributed by atoms with E-state index in [1.54, 1.807) is 22.9 Å². The second-order valence-corrected chi connectivity index (χ2v) is 4.20. The lowest BCUT2D eigenvalue weighted by Gasteiger charge is -2.07. The van der Waals surface area contributed by atoms with Crippen molar-refractivity contribution in [2.75, 3.05) is 7.11 Å². The van der Waals surface area contributed by atoms with E-state index in [4.69, 9.17) is 0 Å². The van der Waals surface area contributed by atoms with Crippen molar-refractivity contribution < 1.29 is 9.53 Å². The van der Waals surface area contributed by atoms with Crippen molar-refractivity contribution in [1.82, 2.24) is 4.57 Å². The van der Waals surface area contributed by atoms with Gasteiger partial charge >= 0.3 is 5.97 Å². The van der Waals surface area contributed by atoms with Crippen LogP contribution in [0.25, 0.3) is 0 Å². The second-order valence-electron chi connectivity index (χ2n) is 4.20. The monoisotopic (exact) mass is 257 g/mol. The minimum atomic E-state index is -0.408. The third kappa shape index (κ3) is 3.31. The fourth-order valence-electron chi connectivity index (χ4n) is 1.85. The highest BCUT2D eigenvalue weighted by molar-refractivity contribution is 5.72. The number of methoxy groups -OCH3 is 1. The van der Waals surface area contributed by atoms with Crippen LogP contribution in [0.15, 0.2) is 53.5 Å². The molecule has 98 valence electrons. The summed E-state index contributed by atoms with van der Waals surface area (Å²) in [7, 11) is 1.31. The number of rotatable bonds is 4. The topological polar surface area (TPSA) is 48.3 Å². The van der Waals surface area contributed by atoms with Gasteiger partial charge in [-0.2, -0.15) is 0 Å². The Morgan fingerprint density at radius 1 is 1.16 bits per heavy atom. The zero-order valence-corrected chi connectivity index (χ0v) is 10.7. The Balaban J connectivity index is 2.25. The highest BCUT2D eigenvalue weighted by atomic mass is 16.5. The van der Waals surface area contributed by atoms with E-state index < -0.39 is 5.97 Å². The van der Waals surface area contributed by atoms with Crippen LogP contribution in [0.5, 0.6) is 0 Å². The molecule has 0 amide bonds. The Morgan fingerprint density at radius 3 is 2.58 bits per heavy atom. The predicted octanol–water partition coefficient (Wildman–Crippen LogP) is 1.61. The quantitative estimate of drug-likeness (QED) is 0.782. The summed E-state index contributed by atoms with van der Waals surface area (Å²) in [6.45, 7) is 0.495. The van der Waals surface area contributed by atoms with Crippen LogP contribution in [0.4, 0.5) is 0 Å². The number of carbonyl (C=O) groups excluding carboxylic acids is 1. The minimum absolute atomic E-state index is 0.00492. The molecule has 0 N–H and O–H groups in total. The van der Waals surface area contributed by atoms with E-state index >= 15 is 0 Å². The van der Waals surface area contributed by atoms with Gasteiger partial charge in [0.2, 0.25) is 0 Å². The molecule has 2 rings (SSSR count). The molecular formula is C15H15NO3. The summed E-state index contributed by atoms with van der Waals surface area (Å²) in [6.07, 6.45) is 1.72. The number of esters is 1. The largest absolute Gasteiger partial charge is 0.469 e. The Kier molecular flexibility index (Phi) is 4.13. The number of nitrogens with zero attached hydrogens (tertiary/aromatic N) is 1. The third-order valence-corrected chi connectivity index (χ3v) is 2.86. The molecule has 4 nitrogen and oxygen atoms in total. The molecule has 2 aromatic rings. The van der Waals surface area contributed by atoms with Crippen LogP contribution in [-0.4, -0.2) is 17.6 Å². The first-order valence-electron chi connectivity index (χ1n) is 6.00. The number of carbonyl (C=O) groups is 1. The summed E-state index contributed by atoms with van der Waals surface area (Å²) in [6, 6.07) is 13.1. The van der Waals surface area contributed by atoms with Gasteiger partial charge in [-0.05, 0) is 11.6 Å². The molecule has 0 saturated heterocycles. The second kappa shape index (κ2) is 6.00. The zero-order valence-electron chi connectivity index (χ0n) is 10.7. The van der Waals surface area contributed by atoms with Gasteiger partial charge in [-0.15, -0.1) is 0 Å². The summed E-state index contributed by atoms with van der Waals surface area (Å²) < 4.78 is 6.17. The first-order valence-corrected chi connectivity index (χ1v) is 6.00. The van der Waals surface area contributed by atoms with E-state index in [2.05, 4.69) is 4.74 Å². The lowest BCUT2D eigenvalue weighted by Crippen LogP contribution is -2.25. The van der Waals surface area contributed by atoms with Crippen molar-refractivity contribution in [2.45, 2.75) is 13.0 Å². The molecule has 0 saturated carbocycles. The lowest BCUT2D eigenvalue weighted by atomic mass is 10.2. The van der Waals surface area contributed by atoms with E-state index in [-0.39, 0.29) is 12.0 Å². The maximum absolute atomic E-state index is 12.2.